The Labute approximate surface area is 45.1 Å². The second-order valence-electron chi connectivity index (χ2n) is 1.47. The molecular formula is C5H13N2. The molecule has 3 N–H and O–H groups in total. The van der Waals surface area contributed by atoms with Crippen molar-refractivity contribution in [3.8, 4) is 0 Å². The van der Waals surface area contributed by atoms with Crippen LogP contribution in [0.3, 0.4) is 0 Å². The van der Waals surface area contributed by atoms with Crippen LogP contribution in [0.15, 0.2) is 0 Å². The van der Waals surface area contributed by atoms with E-state index in [9.17, 15) is 0 Å². The summed E-state index contributed by atoms with van der Waals surface area (Å²) in [5.74, 6) is 0. The minimum absolute atomic E-state index is 0.144. The van der Waals surface area contributed by atoms with Gasteiger partial charge in [0.2, 0.25) is 0 Å². The third-order valence-corrected chi connectivity index (χ3v) is 0.821. The van der Waals surface area contributed by atoms with E-state index in [-0.39, 0.29) is 6.17 Å². The molecule has 0 aromatic rings. The predicted octanol–water partition coefficient (Wildman–Crippen LogP) is 0.452. The van der Waals surface area contributed by atoms with Crippen molar-refractivity contribution in [2.75, 3.05) is 0 Å². The molecule has 0 aliphatic heterocycles. The molecule has 1 radical (unpaired) electrons. The van der Waals surface area contributed by atoms with Gasteiger partial charge in [0, 0.05) is 6.54 Å². The number of nitrogens with one attached hydrogen (secondary N) is 1. The summed E-state index contributed by atoms with van der Waals surface area (Å²) in [6, 6.07) is 0. The molecule has 0 aliphatic carbocycles. The monoisotopic (exact) mass is 101 g/mol. The highest BCUT2D eigenvalue weighted by atomic mass is 15.0. The van der Waals surface area contributed by atoms with Gasteiger partial charge in [-0.2, -0.15) is 0 Å². The van der Waals surface area contributed by atoms with E-state index in [1.165, 1.54) is 0 Å². The van der Waals surface area contributed by atoms with Gasteiger partial charge >= 0.3 is 0 Å². The normalized spacial score (nSPS) is 14.1. The first-order chi connectivity index (χ1) is 3.31. The molecule has 7 heavy (non-hydrogen) atoms. The van der Waals surface area contributed by atoms with Crippen molar-refractivity contribution in [2.45, 2.75) is 26.4 Å². The number of rotatable bonds is 3. The molecule has 0 saturated heterocycles. The smallest absolute Gasteiger partial charge is 0.0546 e. The first kappa shape index (κ1) is 6.92. The summed E-state index contributed by atoms with van der Waals surface area (Å²) >= 11 is 0. The van der Waals surface area contributed by atoms with Crippen molar-refractivity contribution in [2.24, 2.45) is 5.73 Å². The van der Waals surface area contributed by atoms with Gasteiger partial charge in [-0.25, -0.2) is 0 Å². The van der Waals surface area contributed by atoms with E-state index in [0.29, 0.717) is 0 Å². The SMILES string of the molecule is C[CH]NC(N)CC. The maximum atomic E-state index is 5.44. The average Bonchev–Trinajstić information content (AvgIpc) is 1.68. The molecule has 0 bridgehead atoms. The minimum Gasteiger partial charge on any atom is -0.316 e. The maximum absolute atomic E-state index is 5.44. The summed E-state index contributed by atoms with van der Waals surface area (Å²) in [6.45, 7) is 5.82. The molecule has 0 saturated carbocycles. The fourth-order valence-electron chi connectivity index (χ4n) is 0.332. The zero-order valence-corrected chi connectivity index (χ0v) is 4.94. The fraction of sp³-hybridized carbons (Fsp3) is 0.800. The summed E-state index contributed by atoms with van der Waals surface area (Å²) in [6.07, 6.45) is 1.12. The Kier molecular flexibility index (Phi) is 4.04. The van der Waals surface area contributed by atoms with Crippen molar-refractivity contribution < 1.29 is 0 Å². The van der Waals surface area contributed by atoms with Crippen molar-refractivity contribution >= 4 is 0 Å². The van der Waals surface area contributed by atoms with E-state index in [2.05, 4.69) is 5.32 Å². The molecule has 0 heterocycles. The molecular weight excluding hydrogens is 88.1 g/mol. The van der Waals surface area contributed by atoms with E-state index < -0.39 is 0 Å². The van der Waals surface area contributed by atoms with Crippen LogP contribution < -0.4 is 11.1 Å². The molecule has 0 amide bonds. The van der Waals surface area contributed by atoms with Gasteiger partial charge in [-0.1, -0.05) is 6.92 Å². The Hall–Kier alpha value is -0.0800. The van der Waals surface area contributed by atoms with Crippen molar-refractivity contribution in [3.63, 3.8) is 0 Å². The Morgan fingerprint density at radius 2 is 2.43 bits per heavy atom. The number of hydrogen-bond acceptors (Lipinski definition) is 2. The zero-order chi connectivity index (χ0) is 5.70. The van der Waals surface area contributed by atoms with Crippen molar-refractivity contribution in [1.82, 2.24) is 5.32 Å². The quantitative estimate of drug-likeness (QED) is 0.507. The molecule has 2 nitrogen and oxygen atoms in total. The summed E-state index contributed by atoms with van der Waals surface area (Å²) < 4.78 is 0. The highest BCUT2D eigenvalue weighted by Crippen LogP contribution is 1.78. The van der Waals surface area contributed by atoms with Crippen LogP contribution >= 0.6 is 0 Å². The molecule has 0 aromatic heterocycles. The van der Waals surface area contributed by atoms with Gasteiger partial charge in [0.25, 0.3) is 0 Å². The molecule has 0 aliphatic rings. The highest BCUT2D eigenvalue weighted by molar-refractivity contribution is 4.59. The van der Waals surface area contributed by atoms with Gasteiger partial charge in [-0.15, -0.1) is 0 Å². The molecule has 0 fully saturated rings. The molecule has 1 unspecified atom stereocenters. The van der Waals surface area contributed by atoms with E-state index >= 15 is 0 Å². The number of hydrogen-bond donors (Lipinski definition) is 2. The van der Waals surface area contributed by atoms with Gasteiger partial charge < -0.3 is 5.73 Å². The van der Waals surface area contributed by atoms with Crippen LogP contribution in [0.5, 0.6) is 0 Å². The molecule has 0 rings (SSSR count). The summed E-state index contributed by atoms with van der Waals surface area (Å²) in [5, 5.41) is 2.95. The van der Waals surface area contributed by atoms with E-state index in [1.54, 1.807) is 0 Å². The second-order valence-corrected chi connectivity index (χ2v) is 1.47. The fourth-order valence-corrected chi connectivity index (χ4v) is 0.332. The van der Waals surface area contributed by atoms with Gasteiger partial charge in [-0.05, 0) is 13.3 Å². The van der Waals surface area contributed by atoms with Gasteiger partial charge in [-0.3, -0.25) is 5.32 Å². The Morgan fingerprint density at radius 3 is 2.57 bits per heavy atom. The largest absolute Gasteiger partial charge is 0.316 e. The van der Waals surface area contributed by atoms with E-state index in [0.717, 1.165) is 6.42 Å². The van der Waals surface area contributed by atoms with Crippen LogP contribution in [-0.4, -0.2) is 6.17 Å². The van der Waals surface area contributed by atoms with Gasteiger partial charge in [0.1, 0.15) is 0 Å². The highest BCUT2D eigenvalue weighted by Gasteiger charge is 1.90. The molecule has 2 heteroatoms. The van der Waals surface area contributed by atoms with Gasteiger partial charge in [0.05, 0.1) is 6.17 Å². The lowest BCUT2D eigenvalue weighted by atomic mass is 10.4. The summed E-state index contributed by atoms with van der Waals surface area (Å²) in [5.41, 5.74) is 5.44. The van der Waals surface area contributed by atoms with Crippen LogP contribution in [0.1, 0.15) is 20.3 Å². The first-order valence-corrected chi connectivity index (χ1v) is 2.60. The van der Waals surface area contributed by atoms with E-state index in [4.69, 9.17) is 5.73 Å². The molecule has 43 valence electrons. The van der Waals surface area contributed by atoms with Crippen LogP contribution in [-0.2, 0) is 0 Å². The Morgan fingerprint density at radius 1 is 1.86 bits per heavy atom. The predicted molar refractivity (Wildman–Crippen MR) is 31.4 cm³/mol. The lowest BCUT2D eigenvalue weighted by Crippen LogP contribution is -2.33. The van der Waals surface area contributed by atoms with Crippen LogP contribution in [0.2, 0.25) is 0 Å². The first-order valence-electron chi connectivity index (χ1n) is 2.60. The van der Waals surface area contributed by atoms with Crippen LogP contribution in [0.25, 0.3) is 0 Å². The summed E-state index contributed by atoms with van der Waals surface area (Å²) in [7, 11) is 0. The molecule has 1 atom stereocenters. The van der Waals surface area contributed by atoms with Gasteiger partial charge in [0.15, 0.2) is 0 Å². The standard InChI is InChI=1S/C5H13N2/c1-3-5(6)7-4-2/h4-5,7H,3,6H2,1-2H3. The molecule has 0 spiro atoms. The third-order valence-electron chi connectivity index (χ3n) is 0.821. The molecule has 0 aromatic carbocycles. The van der Waals surface area contributed by atoms with Crippen LogP contribution in [0, 0.1) is 6.54 Å². The van der Waals surface area contributed by atoms with Crippen molar-refractivity contribution in [1.29, 1.82) is 0 Å². The van der Waals surface area contributed by atoms with Crippen molar-refractivity contribution in [3.05, 3.63) is 6.54 Å². The average molecular weight is 101 g/mol. The summed E-state index contributed by atoms with van der Waals surface area (Å²) in [4.78, 5) is 0. The third kappa shape index (κ3) is 3.76. The Balaban J connectivity index is 2.83. The zero-order valence-electron chi connectivity index (χ0n) is 4.94. The van der Waals surface area contributed by atoms with E-state index in [1.807, 2.05) is 20.4 Å². The lowest BCUT2D eigenvalue weighted by molar-refractivity contribution is 0.566. The van der Waals surface area contributed by atoms with Crippen LogP contribution in [0.4, 0.5) is 0 Å². The Bertz CT molecular complexity index is 37.1. The topological polar surface area (TPSA) is 38.0 Å². The lowest BCUT2D eigenvalue weighted by Gasteiger charge is -2.06. The second kappa shape index (κ2) is 4.09. The minimum atomic E-state index is 0.144. The maximum Gasteiger partial charge on any atom is 0.0546 e. The number of nitrogens with two attached hydrogens (primary N) is 1.